The molecule has 0 unspecified atom stereocenters. The molecule has 4 nitrogen and oxygen atoms in total. The van der Waals surface area contributed by atoms with Gasteiger partial charge < -0.3 is 10.1 Å². The smallest absolute Gasteiger partial charge is 0.338 e. The summed E-state index contributed by atoms with van der Waals surface area (Å²) in [6.07, 6.45) is 0.911. The van der Waals surface area contributed by atoms with Gasteiger partial charge in [-0.3, -0.25) is 4.79 Å². The fraction of sp³-hybridized carbons (Fsp3) is 0.222. The molecule has 0 bridgehead atoms. The van der Waals surface area contributed by atoms with Gasteiger partial charge in [-0.05, 0) is 41.8 Å². The number of benzene rings is 2. The van der Waals surface area contributed by atoms with Gasteiger partial charge in [0.25, 0.3) is 5.91 Å². The molecule has 23 heavy (non-hydrogen) atoms. The van der Waals surface area contributed by atoms with Crippen molar-refractivity contribution >= 4 is 27.8 Å². The molecule has 0 aliphatic heterocycles. The van der Waals surface area contributed by atoms with Gasteiger partial charge in [0.1, 0.15) is 0 Å². The Hall–Kier alpha value is -2.14. The summed E-state index contributed by atoms with van der Waals surface area (Å²) in [4.78, 5) is 23.6. The van der Waals surface area contributed by atoms with Gasteiger partial charge >= 0.3 is 5.97 Å². The third-order valence-electron chi connectivity index (χ3n) is 3.34. The highest BCUT2D eigenvalue weighted by Crippen LogP contribution is 2.10. The molecule has 0 aliphatic rings. The van der Waals surface area contributed by atoms with Gasteiger partial charge in [0.05, 0.1) is 5.56 Å². The van der Waals surface area contributed by atoms with Gasteiger partial charge in [-0.2, -0.15) is 0 Å². The summed E-state index contributed by atoms with van der Waals surface area (Å²) in [6, 6.07) is 14.8. The quantitative estimate of drug-likeness (QED) is 0.786. The zero-order valence-electron chi connectivity index (χ0n) is 12.8. The highest BCUT2D eigenvalue weighted by molar-refractivity contribution is 9.10. The van der Waals surface area contributed by atoms with Crippen LogP contribution in [0.3, 0.4) is 0 Å². The van der Waals surface area contributed by atoms with E-state index in [0.29, 0.717) is 12.1 Å². The summed E-state index contributed by atoms with van der Waals surface area (Å²) in [5, 5.41) is 2.71. The third kappa shape index (κ3) is 5.53. The molecule has 0 heterocycles. The molecule has 2 aromatic carbocycles. The first-order valence-corrected chi connectivity index (χ1v) is 8.15. The number of ether oxygens (including phenoxy) is 1. The maximum atomic E-state index is 11.9. The number of esters is 1. The second-order valence-corrected chi connectivity index (χ2v) is 5.95. The van der Waals surface area contributed by atoms with Crippen LogP contribution in [0.4, 0.5) is 0 Å². The lowest BCUT2D eigenvalue weighted by Crippen LogP contribution is -2.28. The molecule has 120 valence electrons. The predicted molar refractivity (Wildman–Crippen MR) is 92.1 cm³/mol. The van der Waals surface area contributed by atoms with E-state index in [1.54, 1.807) is 12.1 Å². The first-order valence-electron chi connectivity index (χ1n) is 7.35. The molecular formula is C18H18BrNO3. The maximum Gasteiger partial charge on any atom is 0.338 e. The van der Waals surface area contributed by atoms with Gasteiger partial charge in [0.2, 0.25) is 0 Å². The Morgan fingerprint density at radius 2 is 1.61 bits per heavy atom. The Morgan fingerprint density at radius 3 is 2.22 bits per heavy atom. The summed E-state index contributed by atoms with van der Waals surface area (Å²) in [6.45, 7) is 2.16. The molecule has 1 amide bonds. The third-order valence-corrected chi connectivity index (χ3v) is 3.86. The first kappa shape index (κ1) is 17.2. The van der Waals surface area contributed by atoms with Crippen LogP contribution in [0.5, 0.6) is 0 Å². The van der Waals surface area contributed by atoms with E-state index in [-0.39, 0.29) is 12.5 Å². The Labute approximate surface area is 144 Å². The molecule has 0 radical (unpaired) electrons. The second kappa shape index (κ2) is 8.48. The summed E-state index contributed by atoms with van der Waals surface area (Å²) < 4.78 is 5.99. The number of amides is 1. The molecule has 0 aliphatic carbocycles. The Morgan fingerprint density at radius 1 is 1.00 bits per heavy atom. The topological polar surface area (TPSA) is 55.4 Å². The Kier molecular flexibility index (Phi) is 6.35. The number of nitrogens with one attached hydrogen (secondary N) is 1. The van der Waals surface area contributed by atoms with Crippen LogP contribution in [-0.4, -0.2) is 18.5 Å². The molecule has 2 aromatic rings. The monoisotopic (exact) mass is 375 g/mol. The summed E-state index contributed by atoms with van der Waals surface area (Å²) in [5.41, 5.74) is 2.57. The van der Waals surface area contributed by atoms with Crippen LogP contribution in [0.1, 0.15) is 28.4 Å². The number of carbonyl (C=O) groups is 2. The minimum absolute atomic E-state index is 0.287. The fourth-order valence-corrected chi connectivity index (χ4v) is 2.21. The van der Waals surface area contributed by atoms with Crippen LogP contribution >= 0.6 is 15.9 Å². The van der Waals surface area contributed by atoms with Gasteiger partial charge in [0, 0.05) is 11.0 Å². The molecule has 5 heteroatoms. The van der Waals surface area contributed by atoms with Crippen molar-refractivity contribution in [3.63, 3.8) is 0 Å². The van der Waals surface area contributed by atoms with Crippen LogP contribution < -0.4 is 5.32 Å². The molecule has 0 spiro atoms. The van der Waals surface area contributed by atoms with Crippen LogP contribution in [0, 0.1) is 0 Å². The zero-order valence-corrected chi connectivity index (χ0v) is 14.4. The van der Waals surface area contributed by atoms with Crippen LogP contribution in [-0.2, 0) is 22.5 Å². The average Bonchev–Trinajstić information content (AvgIpc) is 2.59. The van der Waals surface area contributed by atoms with Crippen molar-refractivity contribution in [3.8, 4) is 0 Å². The van der Waals surface area contributed by atoms with Crippen molar-refractivity contribution in [3.05, 3.63) is 69.7 Å². The lowest BCUT2D eigenvalue weighted by atomic mass is 10.1. The highest BCUT2D eigenvalue weighted by atomic mass is 79.9. The van der Waals surface area contributed by atoms with E-state index >= 15 is 0 Å². The molecule has 0 atom stereocenters. The van der Waals surface area contributed by atoms with Gasteiger partial charge in [0.15, 0.2) is 6.61 Å². The maximum absolute atomic E-state index is 11.9. The largest absolute Gasteiger partial charge is 0.452 e. The van der Waals surface area contributed by atoms with Gasteiger partial charge in [-0.15, -0.1) is 0 Å². The van der Waals surface area contributed by atoms with E-state index in [4.69, 9.17) is 4.74 Å². The zero-order chi connectivity index (χ0) is 16.7. The van der Waals surface area contributed by atoms with Crippen molar-refractivity contribution in [2.75, 3.05) is 6.61 Å². The standard InChI is InChI=1S/C18H18BrNO3/c1-2-13-3-7-15(8-4-13)18(22)23-12-17(21)20-11-14-5-9-16(19)10-6-14/h3-10H,2,11-12H2,1H3,(H,20,21). The summed E-state index contributed by atoms with van der Waals surface area (Å²) in [5.74, 6) is -0.821. The number of aryl methyl sites for hydroxylation is 1. The van der Waals surface area contributed by atoms with Crippen LogP contribution in [0.2, 0.25) is 0 Å². The molecule has 2 rings (SSSR count). The molecule has 0 saturated carbocycles. The van der Waals surface area contributed by atoms with E-state index in [2.05, 4.69) is 21.2 Å². The average molecular weight is 376 g/mol. The number of hydrogen-bond donors (Lipinski definition) is 1. The predicted octanol–water partition coefficient (Wildman–Crippen LogP) is 3.48. The van der Waals surface area contributed by atoms with Crippen molar-refractivity contribution in [2.24, 2.45) is 0 Å². The van der Waals surface area contributed by atoms with Gasteiger partial charge in [-0.1, -0.05) is 47.1 Å². The van der Waals surface area contributed by atoms with E-state index in [0.717, 1.165) is 22.0 Å². The second-order valence-electron chi connectivity index (χ2n) is 5.03. The van der Waals surface area contributed by atoms with E-state index in [1.165, 1.54) is 0 Å². The highest BCUT2D eigenvalue weighted by Gasteiger charge is 2.10. The molecule has 0 fully saturated rings. The number of hydrogen-bond acceptors (Lipinski definition) is 3. The van der Waals surface area contributed by atoms with Crippen LogP contribution in [0.25, 0.3) is 0 Å². The molecular weight excluding hydrogens is 358 g/mol. The van der Waals surface area contributed by atoms with Gasteiger partial charge in [-0.25, -0.2) is 4.79 Å². The molecule has 0 saturated heterocycles. The fourth-order valence-electron chi connectivity index (χ4n) is 1.94. The molecule has 0 aromatic heterocycles. The normalized spacial score (nSPS) is 10.2. The Bertz CT molecular complexity index is 666. The lowest BCUT2D eigenvalue weighted by molar-refractivity contribution is -0.124. The van der Waals surface area contributed by atoms with Crippen LogP contribution in [0.15, 0.2) is 53.0 Å². The number of carbonyl (C=O) groups excluding carboxylic acids is 2. The van der Waals surface area contributed by atoms with E-state index in [1.807, 2.05) is 43.3 Å². The van der Waals surface area contributed by atoms with Crippen molar-refractivity contribution < 1.29 is 14.3 Å². The summed E-state index contributed by atoms with van der Waals surface area (Å²) >= 11 is 3.35. The van der Waals surface area contributed by atoms with Crippen molar-refractivity contribution in [1.82, 2.24) is 5.32 Å². The minimum Gasteiger partial charge on any atom is -0.452 e. The first-order chi connectivity index (χ1) is 11.1. The number of rotatable bonds is 6. The van der Waals surface area contributed by atoms with E-state index < -0.39 is 5.97 Å². The van der Waals surface area contributed by atoms with Crippen molar-refractivity contribution in [1.29, 1.82) is 0 Å². The minimum atomic E-state index is -0.494. The Balaban J connectivity index is 1.76. The number of halogens is 1. The SMILES string of the molecule is CCc1ccc(C(=O)OCC(=O)NCc2ccc(Br)cc2)cc1. The lowest BCUT2D eigenvalue weighted by Gasteiger charge is -2.07. The summed E-state index contributed by atoms with van der Waals surface area (Å²) in [7, 11) is 0. The van der Waals surface area contributed by atoms with E-state index in [9.17, 15) is 9.59 Å². The van der Waals surface area contributed by atoms with Crippen molar-refractivity contribution in [2.45, 2.75) is 19.9 Å². The molecule has 1 N–H and O–H groups in total.